The van der Waals surface area contributed by atoms with E-state index in [2.05, 4.69) is 4.98 Å². The zero-order chi connectivity index (χ0) is 22.4. The highest BCUT2D eigenvalue weighted by Gasteiger charge is 2.28. The molecule has 3 aromatic rings. The van der Waals surface area contributed by atoms with Crippen molar-refractivity contribution in [2.45, 2.75) is 12.5 Å². The normalized spacial score (nSPS) is 16.1. The van der Waals surface area contributed by atoms with Gasteiger partial charge in [0.15, 0.2) is 0 Å². The highest BCUT2D eigenvalue weighted by molar-refractivity contribution is 6.38. The maximum atomic E-state index is 15.0. The van der Waals surface area contributed by atoms with Gasteiger partial charge in [0, 0.05) is 31.5 Å². The van der Waals surface area contributed by atoms with Crippen LogP contribution in [0.3, 0.4) is 0 Å². The molecule has 0 amide bonds. The van der Waals surface area contributed by atoms with E-state index in [0.29, 0.717) is 13.0 Å². The molecule has 1 aliphatic heterocycles. The summed E-state index contributed by atoms with van der Waals surface area (Å²) < 4.78 is 16.1. The molecule has 1 atom stereocenters. The number of β-amino-alcohol motifs (C(OH)–C–C–N with tert-alkyl or cyclic N) is 1. The number of rotatable bonds is 4. The fourth-order valence-corrected chi connectivity index (χ4v) is 4.03. The molecule has 2 N–H and O–H groups in total. The second-order valence-corrected chi connectivity index (χ2v) is 7.36. The van der Waals surface area contributed by atoms with Crippen LogP contribution in [-0.4, -0.2) is 49.9 Å². The number of aliphatic hydroxyl groups is 1. The summed E-state index contributed by atoms with van der Waals surface area (Å²) in [5.41, 5.74) is -2.08. The van der Waals surface area contributed by atoms with Crippen molar-refractivity contribution < 1.29 is 24.3 Å². The van der Waals surface area contributed by atoms with Gasteiger partial charge in [-0.2, -0.15) is 0 Å². The third kappa shape index (κ3) is 3.47. The average Bonchev–Trinajstić information content (AvgIpc) is 3.14. The van der Waals surface area contributed by atoms with Crippen molar-refractivity contribution in [3.05, 3.63) is 67.3 Å². The van der Waals surface area contributed by atoms with Crippen LogP contribution < -0.4 is 10.3 Å². The van der Waals surface area contributed by atoms with E-state index in [0.717, 1.165) is 35.2 Å². The minimum absolute atomic E-state index is 0.0533. The van der Waals surface area contributed by atoms with Crippen LogP contribution >= 0.6 is 11.6 Å². The number of aromatic carboxylic acids is 1. The largest absolute Gasteiger partial charge is 0.477 e. The first-order valence-corrected chi connectivity index (χ1v) is 9.41. The predicted molar refractivity (Wildman–Crippen MR) is 109 cm³/mol. The predicted octanol–water partition coefficient (Wildman–Crippen LogP) is 2.36. The van der Waals surface area contributed by atoms with Crippen molar-refractivity contribution in [3.63, 3.8) is 0 Å². The van der Waals surface area contributed by atoms with E-state index in [4.69, 9.17) is 11.6 Å². The number of pyridine rings is 2. The number of halogens is 2. The molecule has 160 valence electrons. The standard InChI is InChI=1S/C19H14ClFN4O6/c20-15-16-11(6-13(21)17(15)23-4-2-10(26)7-23)18(27)12(19(28)29)8-24(16)14-5-9(25(30)31)1-3-22-14/h1,3,5-6,8,10,26H,2,4,7H2,(H,28,29). The Morgan fingerprint density at radius 2 is 2.13 bits per heavy atom. The van der Waals surface area contributed by atoms with Crippen LogP contribution in [0.5, 0.6) is 0 Å². The Hall–Kier alpha value is -3.57. The van der Waals surface area contributed by atoms with E-state index >= 15 is 0 Å². The van der Waals surface area contributed by atoms with E-state index in [1.54, 1.807) is 0 Å². The van der Waals surface area contributed by atoms with Gasteiger partial charge in [-0.05, 0) is 12.5 Å². The van der Waals surface area contributed by atoms with E-state index in [1.807, 2.05) is 0 Å². The number of fused-ring (bicyclic) bond motifs is 1. The molecule has 31 heavy (non-hydrogen) atoms. The quantitative estimate of drug-likeness (QED) is 0.458. The molecule has 0 radical (unpaired) electrons. The van der Waals surface area contributed by atoms with Gasteiger partial charge in [0.2, 0.25) is 5.43 Å². The monoisotopic (exact) mass is 448 g/mol. The topological polar surface area (TPSA) is 139 Å². The van der Waals surface area contributed by atoms with Crippen molar-refractivity contribution in [1.29, 1.82) is 0 Å². The number of nitro groups is 1. The molecule has 0 saturated carbocycles. The van der Waals surface area contributed by atoms with Gasteiger partial charge in [0.1, 0.15) is 17.2 Å². The Balaban J connectivity index is 2.10. The third-order valence-corrected chi connectivity index (χ3v) is 5.41. The average molecular weight is 449 g/mol. The lowest BCUT2D eigenvalue weighted by Gasteiger charge is -2.22. The van der Waals surface area contributed by atoms with Gasteiger partial charge in [0.25, 0.3) is 5.69 Å². The first kappa shape index (κ1) is 20.7. The number of aromatic nitrogens is 2. The number of hydrogen-bond acceptors (Lipinski definition) is 7. The lowest BCUT2D eigenvalue weighted by atomic mass is 10.1. The first-order chi connectivity index (χ1) is 14.7. The number of carboxylic acid groups (broad SMARTS) is 1. The van der Waals surface area contributed by atoms with Crippen LogP contribution in [0.1, 0.15) is 16.8 Å². The van der Waals surface area contributed by atoms with Crippen LogP contribution in [0.25, 0.3) is 16.7 Å². The molecule has 1 saturated heterocycles. The summed E-state index contributed by atoms with van der Waals surface area (Å²) in [6.45, 7) is 0.435. The van der Waals surface area contributed by atoms with Crippen LogP contribution in [0.2, 0.25) is 5.02 Å². The van der Waals surface area contributed by atoms with Gasteiger partial charge in [-0.3, -0.25) is 19.5 Å². The summed E-state index contributed by atoms with van der Waals surface area (Å²) >= 11 is 6.50. The number of carboxylic acids is 1. The molecule has 3 heterocycles. The zero-order valence-electron chi connectivity index (χ0n) is 15.7. The first-order valence-electron chi connectivity index (χ1n) is 9.03. The second kappa shape index (κ2) is 7.60. The molecule has 1 aromatic carbocycles. The highest BCUT2D eigenvalue weighted by Crippen LogP contribution is 2.38. The molecule has 0 spiro atoms. The lowest BCUT2D eigenvalue weighted by molar-refractivity contribution is -0.384. The molecule has 1 aliphatic rings. The second-order valence-electron chi connectivity index (χ2n) is 6.98. The van der Waals surface area contributed by atoms with E-state index < -0.39 is 33.8 Å². The maximum absolute atomic E-state index is 15.0. The molecule has 1 fully saturated rings. The third-order valence-electron chi connectivity index (χ3n) is 5.05. The molecule has 1 unspecified atom stereocenters. The SMILES string of the molecule is O=C(O)c1cn(-c2cc([N+](=O)[O-])ccn2)c2c(Cl)c(N3CCC(O)C3)c(F)cc2c1=O. The fraction of sp³-hybridized carbons (Fsp3) is 0.211. The van der Waals surface area contributed by atoms with Crippen molar-refractivity contribution in [3.8, 4) is 5.82 Å². The highest BCUT2D eigenvalue weighted by atomic mass is 35.5. The van der Waals surface area contributed by atoms with Crippen LogP contribution in [0.4, 0.5) is 15.8 Å². The smallest absolute Gasteiger partial charge is 0.341 e. The van der Waals surface area contributed by atoms with Crippen molar-refractivity contribution in [2.75, 3.05) is 18.0 Å². The van der Waals surface area contributed by atoms with Crippen molar-refractivity contribution in [2.24, 2.45) is 0 Å². The minimum atomic E-state index is -1.56. The van der Waals surface area contributed by atoms with Gasteiger partial charge in [0.05, 0.1) is 38.7 Å². The number of hydrogen-bond donors (Lipinski definition) is 2. The van der Waals surface area contributed by atoms with Gasteiger partial charge in [-0.1, -0.05) is 11.6 Å². The molecular formula is C19H14ClFN4O6. The summed E-state index contributed by atoms with van der Waals surface area (Å²) in [7, 11) is 0. The van der Waals surface area contributed by atoms with Crippen LogP contribution in [0, 0.1) is 15.9 Å². The number of carbonyl (C=O) groups is 1. The number of nitrogens with zero attached hydrogens (tertiary/aromatic N) is 4. The molecular weight excluding hydrogens is 435 g/mol. The van der Waals surface area contributed by atoms with Crippen molar-refractivity contribution >= 4 is 39.8 Å². The van der Waals surface area contributed by atoms with Crippen LogP contribution in [-0.2, 0) is 0 Å². The van der Waals surface area contributed by atoms with E-state index in [9.17, 15) is 34.3 Å². The zero-order valence-corrected chi connectivity index (χ0v) is 16.4. The van der Waals surface area contributed by atoms with Gasteiger partial charge >= 0.3 is 5.97 Å². The fourth-order valence-electron chi connectivity index (χ4n) is 3.63. The molecule has 0 aliphatic carbocycles. The Morgan fingerprint density at radius 1 is 1.39 bits per heavy atom. The van der Waals surface area contributed by atoms with Gasteiger partial charge in [-0.15, -0.1) is 0 Å². The van der Waals surface area contributed by atoms with Crippen molar-refractivity contribution in [1.82, 2.24) is 9.55 Å². The number of benzene rings is 1. The Labute approximate surface area is 177 Å². The molecule has 4 rings (SSSR count). The molecule has 10 nitrogen and oxygen atoms in total. The Bertz CT molecular complexity index is 1310. The summed E-state index contributed by atoms with van der Waals surface area (Å²) in [5.74, 6) is -2.50. The number of aliphatic hydroxyl groups excluding tert-OH is 1. The summed E-state index contributed by atoms with van der Waals surface area (Å²) in [6.07, 6.45) is 1.81. The lowest BCUT2D eigenvalue weighted by Crippen LogP contribution is -2.24. The van der Waals surface area contributed by atoms with E-state index in [1.165, 1.54) is 4.90 Å². The molecule has 2 aromatic heterocycles. The molecule has 0 bridgehead atoms. The summed E-state index contributed by atoms with van der Waals surface area (Å²) in [5, 5.41) is 29.9. The van der Waals surface area contributed by atoms with Gasteiger partial charge in [-0.25, -0.2) is 14.2 Å². The maximum Gasteiger partial charge on any atom is 0.341 e. The Kier molecular flexibility index (Phi) is 5.07. The summed E-state index contributed by atoms with van der Waals surface area (Å²) in [6, 6.07) is 3.10. The number of anilines is 1. The molecule has 12 heteroatoms. The van der Waals surface area contributed by atoms with Gasteiger partial charge < -0.3 is 15.1 Å². The Morgan fingerprint density at radius 3 is 2.74 bits per heavy atom. The van der Waals surface area contributed by atoms with E-state index in [-0.39, 0.29) is 39.7 Å². The van der Waals surface area contributed by atoms with Crippen LogP contribution in [0.15, 0.2) is 35.4 Å². The summed E-state index contributed by atoms with van der Waals surface area (Å²) in [4.78, 5) is 40.4. The minimum Gasteiger partial charge on any atom is -0.477 e.